The summed E-state index contributed by atoms with van der Waals surface area (Å²) in [4.78, 5) is 30.1. The number of H-pyrrole nitrogens is 1. The van der Waals surface area contributed by atoms with Crippen molar-refractivity contribution in [2.45, 2.75) is 13.0 Å². The van der Waals surface area contributed by atoms with E-state index < -0.39 is 0 Å². The van der Waals surface area contributed by atoms with Crippen LogP contribution in [-0.2, 0) is 17.8 Å². The summed E-state index contributed by atoms with van der Waals surface area (Å²) in [6, 6.07) is 15.3. The lowest BCUT2D eigenvalue weighted by Gasteiger charge is -2.27. The van der Waals surface area contributed by atoms with E-state index in [1.807, 2.05) is 23.1 Å². The zero-order chi connectivity index (χ0) is 18.1. The number of fused-ring (bicyclic) bond motifs is 3. The lowest BCUT2D eigenvalue weighted by Crippen LogP contribution is -2.42. The molecule has 2 aromatic carbocycles. The second-order valence-corrected chi connectivity index (χ2v) is 7.21. The number of halogens is 1. The summed E-state index contributed by atoms with van der Waals surface area (Å²) in [6.07, 6.45) is 0.800. The third-order valence-corrected chi connectivity index (χ3v) is 5.45. The van der Waals surface area contributed by atoms with Crippen LogP contribution in [0.5, 0.6) is 0 Å². The molecule has 0 fully saturated rings. The highest BCUT2D eigenvalue weighted by Crippen LogP contribution is 2.27. The van der Waals surface area contributed by atoms with E-state index >= 15 is 0 Å². The molecule has 0 saturated heterocycles. The van der Waals surface area contributed by atoms with E-state index in [2.05, 4.69) is 38.4 Å². The van der Waals surface area contributed by atoms with Crippen LogP contribution in [0.1, 0.15) is 21.6 Å². The van der Waals surface area contributed by atoms with Crippen molar-refractivity contribution >= 4 is 38.6 Å². The van der Waals surface area contributed by atoms with Crippen LogP contribution >= 0.6 is 15.9 Å². The molecule has 26 heavy (non-hydrogen) atoms. The van der Waals surface area contributed by atoms with E-state index in [4.69, 9.17) is 0 Å². The SMILES string of the molecule is O=C(NCC(=O)N1CCc2[nH]c3ccccc3c2C1)c1ccccc1Br. The van der Waals surface area contributed by atoms with Crippen LogP contribution in [0.15, 0.2) is 53.0 Å². The molecule has 0 atom stereocenters. The van der Waals surface area contributed by atoms with Crippen LogP contribution < -0.4 is 5.32 Å². The van der Waals surface area contributed by atoms with Gasteiger partial charge in [0.2, 0.25) is 5.91 Å². The molecule has 132 valence electrons. The first-order valence-electron chi connectivity index (χ1n) is 8.52. The fourth-order valence-corrected chi connectivity index (χ4v) is 3.85. The van der Waals surface area contributed by atoms with E-state index in [1.54, 1.807) is 18.2 Å². The quantitative estimate of drug-likeness (QED) is 0.694. The predicted octanol–water partition coefficient (Wildman–Crippen LogP) is 3.25. The molecule has 0 radical (unpaired) electrons. The molecule has 0 aliphatic carbocycles. The molecule has 6 heteroatoms. The Kier molecular flexibility index (Phi) is 4.51. The lowest BCUT2D eigenvalue weighted by atomic mass is 10.0. The maximum atomic E-state index is 12.6. The van der Waals surface area contributed by atoms with Crippen molar-refractivity contribution in [3.8, 4) is 0 Å². The summed E-state index contributed by atoms with van der Waals surface area (Å²) < 4.78 is 0.714. The first-order valence-corrected chi connectivity index (χ1v) is 9.32. The lowest BCUT2D eigenvalue weighted by molar-refractivity contribution is -0.131. The highest BCUT2D eigenvalue weighted by molar-refractivity contribution is 9.10. The van der Waals surface area contributed by atoms with E-state index in [0.717, 1.165) is 17.3 Å². The molecule has 0 saturated carbocycles. The van der Waals surface area contributed by atoms with Crippen molar-refractivity contribution in [2.75, 3.05) is 13.1 Å². The monoisotopic (exact) mass is 411 g/mol. The van der Waals surface area contributed by atoms with Gasteiger partial charge in [-0.3, -0.25) is 9.59 Å². The smallest absolute Gasteiger partial charge is 0.252 e. The Morgan fingerprint density at radius 3 is 2.73 bits per heavy atom. The Morgan fingerprint density at radius 2 is 1.88 bits per heavy atom. The van der Waals surface area contributed by atoms with Crippen molar-refractivity contribution in [3.05, 3.63) is 69.8 Å². The fraction of sp³-hybridized carbons (Fsp3) is 0.200. The number of nitrogens with zero attached hydrogens (tertiary/aromatic N) is 1. The number of nitrogens with one attached hydrogen (secondary N) is 2. The third-order valence-electron chi connectivity index (χ3n) is 4.75. The van der Waals surface area contributed by atoms with Gasteiger partial charge in [0, 0.05) is 46.1 Å². The highest BCUT2D eigenvalue weighted by atomic mass is 79.9. The zero-order valence-electron chi connectivity index (χ0n) is 14.1. The number of para-hydroxylation sites is 1. The van der Waals surface area contributed by atoms with Crippen LogP contribution in [0, 0.1) is 0 Å². The van der Waals surface area contributed by atoms with Crippen LogP contribution in [0.25, 0.3) is 10.9 Å². The highest BCUT2D eigenvalue weighted by Gasteiger charge is 2.24. The van der Waals surface area contributed by atoms with Crippen molar-refractivity contribution < 1.29 is 9.59 Å². The fourth-order valence-electron chi connectivity index (χ4n) is 3.39. The van der Waals surface area contributed by atoms with Gasteiger partial charge < -0.3 is 15.2 Å². The minimum atomic E-state index is -0.254. The predicted molar refractivity (Wildman–Crippen MR) is 104 cm³/mol. The Labute approximate surface area is 159 Å². The molecule has 2 heterocycles. The summed E-state index contributed by atoms with van der Waals surface area (Å²) >= 11 is 3.36. The second-order valence-electron chi connectivity index (χ2n) is 6.36. The second kappa shape index (κ2) is 6.96. The topological polar surface area (TPSA) is 65.2 Å². The summed E-state index contributed by atoms with van der Waals surface area (Å²) in [5, 5.41) is 3.89. The molecular weight excluding hydrogens is 394 g/mol. The van der Waals surface area contributed by atoms with Crippen molar-refractivity contribution in [3.63, 3.8) is 0 Å². The summed E-state index contributed by atoms with van der Waals surface area (Å²) in [7, 11) is 0. The number of hydrogen-bond donors (Lipinski definition) is 2. The summed E-state index contributed by atoms with van der Waals surface area (Å²) in [5.74, 6) is -0.322. The van der Waals surface area contributed by atoms with Crippen LogP contribution in [-0.4, -0.2) is 34.8 Å². The van der Waals surface area contributed by atoms with Gasteiger partial charge >= 0.3 is 0 Å². The van der Waals surface area contributed by atoms with Gasteiger partial charge in [-0.25, -0.2) is 0 Å². The molecule has 0 unspecified atom stereocenters. The first kappa shape index (κ1) is 16.8. The molecule has 0 spiro atoms. The number of rotatable bonds is 3. The minimum absolute atomic E-state index is 0.00213. The average molecular weight is 412 g/mol. The van der Waals surface area contributed by atoms with Crippen LogP contribution in [0.4, 0.5) is 0 Å². The molecule has 4 rings (SSSR count). The van der Waals surface area contributed by atoms with E-state index in [0.29, 0.717) is 23.1 Å². The number of aromatic amines is 1. The van der Waals surface area contributed by atoms with Gasteiger partial charge in [-0.1, -0.05) is 30.3 Å². The van der Waals surface area contributed by atoms with Gasteiger partial charge in [-0.05, 0) is 34.1 Å². The van der Waals surface area contributed by atoms with E-state index in [9.17, 15) is 9.59 Å². The van der Waals surface area contributed by atoms with Gasteiger partial charge in [0.25, 0.3) is 5.91 Å². The number of carbonyl (C=O) groups excluding carboxylic acids is 2. The van der Waals surface area contributed by atoms with Gasteiger partial charge in [0.15, 0.2) is 0 Å². The third kappa shape index (κ3) is 3.12. The standard InChI is InChI=1S/C20H18BrN3O2/c21-16-7-3-1-6-14(16)20(26)22-11-19(25)24-10-9-18-15(12-24)13-5-2-4-8-17(13)23-18/h1-8,23H,9-12H2,(H,22,26). The number of aromatic nitrogens is 1. The number of benzene rings is 2. The molecule has 0 bridgehead atoms. The summed E-state index contributed by atoms with van der Waals surface area (Å²) in [6.45, 7) is 1.23. The van der Waals surface area contributed by atoms with Crippen LogP contribution in [0.3, 0.4) is 0 Å². The van der Waals surface area contributed by atoms with Gasteiger partial charge in [0.1, 0.15) is 0 Å². The normalized spacial score (nSPS) is 13.5. The number of carbonyl (C=O) groups is 2. The maximum Gasteiger partial charge on any atom is 0.252 e. The van der Waals surface area contributed by atoms with Gasteiger partial charge in [0.05, 0.1) is 12.1 Å². The number of amides is 2. The van der Waals surface area contributed by atoms with E-state index in [1.165, 1.54) is 11.3 Å². The van der Waals surface area contributed by atoms with Crippen LogP contribution in [0.2, 0.25) is 0 Å². The zero-order valence-corrected chi connectivity index (χ0v) is 15.7. The molecule has 1 aliphatic rings. The Balaban J connectivity index is 1.43. The minimum Gasteiger partial charge on any atom is -0.358 e. The maximum absolute atomic E-state index is 12.6. The van der Waals surface area contributed by atoms with Gasteiger partial charge in [-0.2, -0.15) is 0 Å². The average Bonchev–Trinajstić information content (AvgIpc) is 3.04. The van der Waals surface area contributed by atoms with Crippen molar-refractivity contribution in [2.24, 2.45) is 0 Å². The molecule has 3 aromatic rings. The van der Waals surface area contributed by atoms with Crippen molar-refractivity contribution in [1.29, 1.82) is 0 Å². The molecule has 5 nitrogen and oxygen atoms in total. The Bertz CT molecular complexity index is 996. The molecular formula is C20H18BrN3O2. The molecule has 2 amide bonds. The summed E-state index contributed by atoms with van der Waals surface area (Å²) in [5.41, 5.74) is 4.01. The van der Waals surface area contributed by atoms with Crippen molar-refractivity contribution in [1.82, 2.24) is 15.2 Å². The Hall–Kier alpha value is -2.60. The Morgan fingerprint density at radius 1 is 1.12 bits per heavy atom. The first-order chi connectivity index (χ1) is 12.6. The molecule has 1 aliphatic heterocycles. The largest absolute Gasteiger partial charge is 0.358 e. The molecule has 1 aromatic heterocycles. The number of hydrogen-bond acceptors (Lipinski definition) is 2. The van der Waals surface area contributed by atoms with Gasteiger partial charge in [-0.15, -0.1) is 0 Å². The van der Waals surface area contributed by atoms with E-state index in [-0.39, 0.29) is 18.4 Å². The molecule has 2 N–H and O–H groups in total.